The Hall–Kier alpha value is -1.02. The third-order valence-electron chi connectivity index (χ3n) is 3.59. The normalized spacial score (nSPS) is 13.1. The summed E-state index contributed by atoms with van der Waals surface area (Å²) >= 11 is 0. The molecule has 0 radical (unpaired) electrons. The second-order valence-electron chi connectivity index (χ2n) is 5.57. The molecule has 0 bridgehead atoms. The molecule has 1 rings (SSSR count). The molecule has 0 spiro atoms. The molecule has 0 aliphatic carbocycles. The monoisotopic (exact) mass is 249 g/mol. The van der Waals surface area contributed by atoms with Crippen LogP contribution in [0.5, 0.6) is 5.75 Å². The highest BCUT2D eigenvalue weighted by molar-refractivity contribution is 5.39. The minimum atomic E-state index is 0.487. The maximum absolute atomic E-state index is 5.48. The van der Waals surface area contributed by atoms with E-state index in [0.717, 1.165) is 12.2 Å². The van der Waals surface area contributed by atoms with Crippen LogP contribution in [0.3, 0.4) is 0 Å². The number of rotatable bonds is 6. The molecule has 1 N–H and O–H groups in total. The Balaban J connectivity index is 3.00. The molecule has 1 atom stereocenters. The Kier molecular flexibility index (Phi) is 5.67. The Labute approximate surface area is 112 Å². The summed E-state index contributed by atoms with van der Waals surface area (Å²) in [4.78, 5) is 0. The predicted molar refractivity (Wildman–Crippen MR) is 78.5 cm³/mol. The molecular weight excluding hydrogens is 222 g/mol. The molecule has 1 aromatic rings. The van der Waals surface area contributed by atoms with Crippen molar-refractivity contribution in [3.05, 3.63) is 29.3 Å². The standard InChI is InChI=1S/C16H27NO/c1-11(2)13-7-8-16(18-6)14(9-13)10-15(17-5)12(3)4/h7-9,11-12,15,17H,10H2,1-6H3. The van der Waals surface area contributed by atoms with Crippen LogP contribution in [0.2, 0.25) is 0 Å². The molecule has 0 amide bonds. The van der Waals surface area contributed by atoms with Gasteiger partial charge in [-0.15, -0.1) is 0 Å². The molecule has 2 heteroatoms. The van der Waals surface area contributed by atoms with Crippen molar-refractivity contribution in [2.45, 2.75) is 46.1 Å². The Morgan fingerprint density at radius 1 is 1.17 bits per heavy atom. The van der Waals surface area contributed by atoms with Gasteiger partial charge >= 0.3 is 0 Å². The van der Waals surface area contributed by atoms with Gasteiger partial charge in [-0.25, -0.2) is 0 Å². The fraction of sp³-hybridized carbons (Fsp3) is 0.625. The lowest BCUT2D eigenvalue weighted by Gasteiger charge is -2.22. The number of hydrogen-bond acceptors (Lipinski definition) is 2. The van der Waals surface area contributed by atoms with Gasteiger partial charge in [-0.3, -0.25) is 0 Å². The number of hydrogen-bond donors (Lipinski definition) is 1. The third-order valence-corrected chi connectivity index (χ3v) is 3.59. The van der Waals surface area contributed by atoms with Crippen molar-refractivity contribution in [3.63, 3.8) is 0 Å². The first-order valence-electron chi connectivity index (χ1n) is 6.83. The van der Waals surface area contributed by atoms with Crippen molar-refractivity contribution in [1.82, 2.24) is 5.32 Å². The van der Waals surface area contributed by atoms with E-state index in [2.05, 4.69) is 51.2 Å². The number of nitrogens with one attached hydrogen (secondary N) is 1. The topological polar surface area (TPSA) is 21.3 Å². The Morgan fingerprint density at radius 2 is 1.83 bits per heavy atom. The zero-order valence-corrected chi connectivity index (χ0v) is 12.6. The van der Waals surface area contributed by atoms with Gasteiger partial charge in [-0.2, -0.15) is 0 Å². The van der Waals surface area contributed by atoms with Crippen LogP contribution in [0.4, 0.5) is 0 Å². The summed E-state index contributed by atoms with van der Waals surface area (Å²) in [6, 6.07) is 7.03. The van der Waals surface area contributed by atoms with Crippen molar-refractivity contribution in [3.8, 4) is 5.75 Å². The van der Waals surface area contributed by atoms with Crippen LogP contribution in [0, 0.1) is 5.92 Å². The van der Waals surface area contributed by atoms with E-state index in [-0.39, 0.29) is 0 Å². The Morgan fingerprint density at radius 3 is 2.28 bits per heavy atom. The number of likely N-dealkylation sites (N-methyl/N-ethyl adjacent to an activating group) is 1. The van der Waals surface area contributed by atoms with E-state index in [1.54, 1.807) is 7.11 Å². The van der Waals surface area contributed by atoms with Gasteiger partial charge in [-0.05, 0) is 42.5 Å². The molecule has 0 aliphatic rings. The first kappa shape index (κ1) is 15.0. The number of methoxy groups -OCH3 is 1. The molecule has 1 aromatic carbocycles. The van der Waals surface area contributed by atoms with E-state index in [1.165, 1.54) is 11.1 Å². The summed E-state index contributed by atoms with van der Waals surface area (Å²) in [6.07, 6.45) is 1.01. The molecule has 0 aliphatic heterocycles. The summed E-state index contributed by atoms with van der Waals surface area (Å²) in [5.74, 6) is 2.17. The van der Waals surface area contributed by atoms with E-state index in [9.17, 15) is 0 Å². The maximum atomic E-state index is 5.48. The zero-order chi connectivity index (χ0) is 13.7. The number of benzene rings is 1. The van der Waals surface area contributed by atoms with Crippen LogP contribution in [-0.2, 0) is 6.42 Å². The van der Waals surface area contributed by atoms with Crippen molar-refractivity contribution < 1.29 is 4.74 Å². The van der Waals surface area contributed by atoms with Crippen LogP contribution in [-0.4, -0.2) is 20.2 Å². The van der Waals surface area contributed by atoms with E-state index >= 15 is 0 Å². The second-order valence-corrected chi connectivity index (χ2v) is 5.57. The SMILES string of the molecule is CNC(Cc1cc(C(C)C)ccc1OC)C(C)C. The molecule has 0 aromatic heterocycles. The van der Waals surface area contributed by atoms with Crippen LogP contribution in [0.1, 0.15) is 44.7 Å². The van der Waals surface area contributed by atoms with E-state index in [0.29, 0.717) is 17.9 Å². The van der Waals surface area contributed by atoms with Crippen molar-refractivity contribution in [2.24, 2.45) is 5.92 Å². The van der Waals surface area contributed by atoms with Gasteiger partial charge in [-0.1, -0.05) is 39.8 Å². The largest absolute Gasteiger partial charge is 0.496 e. The Bertz CT molecular complexity index is 371. The molecule has 1 unspecified atom stereocenters. The minimum Gasteiger partial charge on any atom is -0.496 e. The summed E-state index contributed by atoms with van der Waals surface area (Å²) in [6.45, 7) is 8.95. The van der Waals surface area contributed by atoms with Crippen molar-refractivity contribution >= 4 is 0 Å². The van der Waals surface area contributed by atoms with Crippen molar-refractivity contribution in [1.29, 1.82) is 0 Å². The highest BCUT2D eigenvalue weighted by atomic mass is 16.5. The molecule has 18 heavy (non-hydrogen) atoms. The molecule has 0 fully saturated rings. The second kappa shape index (κ2) is 6.79. The van der Waals surface area contributed by atoms with Crippen LogP contribution >= 0.6 is 0 Å². The van der Waals surface area contributed by atoms with E-state index in [1.807, 2.05) is 7.05 Å². The molecule has 102 valence electrons. The van der Waals surface area contributed by atoms with Gasteiger partial charge in [0.05, 0.1) is 7.11 Å². The molecule has 2 nitrogen and oxygen atoms in total. The fourth-order valence-corrected chi connectivity index (χ4v) is 2.23. The van der Waals surface area contributed by atoms with Gasteiger partial charge in [0.2, 0.25) is 0 Å². The quantitative estimate of drug-likeness (QED) is 0.831. The molecule has 0 saturated carbocycles. The highest BCUT2D eigenvalue weighted by Crippen LogP contribution is 2.26. The van der Waals surface area contributed by atoms with Gasteiger partial charge < -0.3 is 10.1 Å². The van der Waals surface area contributed by atoms with Gasteiger partial charge in [0.15, 0.2) is 0 Å². The van der Waals surface area contributed by atoms with Crippen LogP contribution < -0.4 is 10.1 Å². The molecular formula is C16H27NO. The molecule has 0 saturated heterocycles. The predicted octanol–water partition coefficient (Wildman–Crippen LogP) is 3.61. The summed E-state index contributed by atoms with van der Waals surface area (Å²) in [5, 5.41) is 3.39. The average molecular weight is 249 g/mol. The van der Waals surface area contributed by atoms with E-state index < -0.39 is 0 Å². The lowest BCUT2D eigenvalue weighted by atomic mass is 9.93. The molecule has 0 heterocycles. The first-order valence-corrected chi connectivity index (χ1v) is 6.83. The average Bonchev–Trinajstić information content (AvgIpc) is 2.35. The lowest BCUT2D eigenvalue weighted by molar-refractivity contribution is 0.391. The smallest absolute Gasteiger partial charge is 0.122 e. The summed E-state index contributed by atoms with van der Waals surface area (Å²) in [7, 11) is 3.78. The van der Waals surface area contributed by atoms with Gasteiger partial charge in [0, 0.05) is 6.04 Å². The van der Waals surface area contributed by atoms with Crippen molar-refractivity contribution in [2.75, 3.05) is 14.2 Å². The van der Waals surface area contributed by atoms with Gasteiger partial charge in [0.25, 0.3) is 0 Å². The van der Waals surface area contributed by atoms with Crippen LogP contribution in [0.15, 0.2) is 18.2 Å². The maximum Gasteiger partial charge on any atom is 0.122 e. The zero-order valence-electron chi connectivity index (χ0n) is 12.6. The van der Waals surface area contributed by atoms with Crippen LogP contribution in [0.25, 0.3) is 0 Å². The number of ether oxygens (including phenoxy) is 1. The summed E-state index contributed by atoms with van der Waals surface area (Å²) < 4.78 is 5.48. The first-order chi connectivity index (χ1) is 8.49. The summed E-state index contributed by atoms with van der Waals surface area (Å²) in [5.41, 5.74) is 2.68. The minimum absolute atomic E-state index is 0.487. The fourth-order valence-electron chi connectivity index (χ4n) is 2.23. The van der Waals surface area contributed by atoms with Gasteiger partial charge in [0.1, 0.15) is 5.75 Å². The van der Waals surface area contributed by atoms with E-state index in [4.69, 9.17) is 4.74 Å². The highest BCUT2D eigenvalue weighted by Gasteiger charge is 2.15. The third kappa shape index (κ3) is 3.74. The lowest BCUT2D eigenvalue weighted by Crippen LogP contribution is -2.32.